The first-order valence-electron chi connectivity index (χ1n) is 9.95. The van der Waals surface area contributed by atoms with Crippen LogP contribution in [-0.4, -0.2) is 33.0 Å². The molecule has 0 aromatic rings. The zero-order chi connectivity index (χ0) is 18.0. The highest BCUT2D eigenvalue weighted by Gasteiger charge is 2.65. The number of allylic oxidation sites excluding steroid dienone is 1. The van der Waals surface area contributed by atoms with E-state index >= 15 is 0 Å². The fourth-order valence-corrected chi connectivity index (χ4v) is 7.69. The minimum absolute atomic E-state index is 0.0324. The number of carbonyl (C=O) groups is 1. The van der Waals surface area contributed by atoms with Crippen molar-refractivity contribution in [3.8, 4) is 0 Å². The molecule has 3 saturated carbocycles. The van der Waals surface area contributed by atoms with Crippen molar-refractivity contribution < 1.29 is 15.0 Å². The number of carbonyl (C=O) groups excluding carboxylic acids is 1. The maximum absolute atomic E-state index is 12.5. The lowest BCUT2D eigenvalue weighted by Gasteiger charge is -2.58. The fourth-order valence-electron chi connectivity index (χ4n) is 7.23. The lowest BCUT2D eigenvalue weighted by atomic mass is 9.47. The van der Waals surface area contributed by atoms with Gasteiger partial charge in [-0.25, -0.2) is 0 Å². The predicted molar refractivity (Wildman–Crippen MR) is 101 cm³/mol. The number of hydrogen-bond acceptors (Lipinski definition) is 3. The minimum atomic E-state index is -1.15. The molecule has 2 N–H and O–H groups in total. The van der Waals surface area contributed by atoms with Crippen molar-refractivity contribution in [2.24, 2.45) is 28.6 Å². The summed E-state index contributed by atoms with van der Waals surface area (Å²) in [5.41, 5.74) is 0.249. The normalized spacial score (nSPS) is 52.0. The Morgan fingerprint density at radius 1 is 1.20 bits per heavy atom. The standard InChI is InChI=1S/C21H31BrO3/c1-19-8-5-14(23)11-13(19)3-4-15-16(19)6-9-20(2)17(15)7-10-21(20,25)18(24)12-22/h3,14-17,23,25H,4-12H2,1-2H3/t14-,15+,16-,17-,19-,20-,21-/m0/s1. The maximum Gasteiger partial charge on any atom is 0.175 e. The van der Waals surface area contributed by atoms with Crippen LogP contribution in [0.15, 0.2) is 11.6 Å². The van der Waals surface area contributed by atoms with Crippen molar-refractivity contribution in [2.75, 3.05) is 5.33 Å². The van der Waals surface area contributed by atoms with E-state index in [2.05, 4.69) is 35.9 Å². The molecule has 0 radical (unpaired) electrons. The molecule has 7 atom stereocenters. The van der Waals surface area contributed by atoms with Gasteiger partial charge in [-0.2, -0.15) is 0 Å². The Morgan fingerprint density at radius 3 is 2.64 bits per heavy atom. The second-order valence-electron chi connectivity index (χ2n) is 9.57. The highest BCUT2D eigenvalue weighted by atomic mass is 79.9. The van der Waals surface area contributed by atoms with Gasteiger partial charge in [-0.1, -0.05) is 41.4 Å². The number of Topliss-reactive ketones (excluding diaryl/α,β-unsaturated/α-hetero) is 1. The second kappa shape index (κ2) is 5.90. The van der Waals surface area contributed by atoms with Crippen LogP contribution in [-0.2, 0) is 4.79 Å². The average Bonchev–Trinajstić information content (AvgIpc) is 2.87. The smallest absolute Gasteiger partial charge is 0.175 e. The molecule has 3 nitrogen and oxygen atoms in total. The molecule has 0 heterocycles. The summed E-state index contributed by atoms with van der Waals surface area (Å²) in [4.78, 5) is 12.5. The van der Waals surface area contributed by atoms with Crippen LogP contribution in [0.4, 0.5) is 0 Å². The van der Waals surface area contributed by atoms with Crippen LogP contribution < -0.4 is 0 Å². The maximum atomic E-state index is 12.5. The van der Waals surface area contributed by atoms with Crippen LogP contribution in [0.5, 0.6) is 0 Å². The number of aliphatic hydroxyl groups excluding tert-OH is 1. The van der Waals surface area contributed by atoms with Gasteiger partial charge in [0.05, 0.1) is 11.4 Å². The Labute approximate surface area is 159 Å². The number of rotatable bonds is 2. The first kappa shape index (κ1) is 18.2. The molecular weight excluding hydrogens is 380 g/mol. The molecule has 140 valence electrons. The van der Waals surface area contributed by atoms with Crippen molar-refractivity contribution in [3.05, 3.63) is 11.6 Å². The molecule has 4 aliphatic carbocycles. The molecule has 0 aliphatic heterocycles. The van der Waals surface area contributed by atoms with E-state index in [0.717, 1.165) is 44.9 Å². The summed E-state index contributed by atoms with van der Waals surface area (Å²) in [6.45, 7) is 4.59. The second-order valence-corrected chi connectivity index (χ2v) is 10.1. The van der Waals surface area contributed by atoms with Gasteiger partial charge in [-0.15, -0.1) is 0 Å². The van der Waals surface area contributed by atoms with Crippen LogP contribution in [0.1, 0.15) is 65.2 Å². The Hall–Kier alpha value is -0.190. The molecule has 0 saturated heterocycles. The zero-order valence-corrected chi connectivity index (χ0v) is 17.0. The summed E-state index contributed by atoms with van der Waals surface area (Å²) in [6, 6.07) is 0. The van der Waals surface area contributed by atoms with E-state index < -0.39 is 5.60 Å². The molecule has 0 unspecified atom stereocenters. The monoisotopic (exact) mass is 410 g/mol. The first-order valence-corrected chi connectivity index (χ1v) is 11.1. The lowest BCUT2D eigenvalue weighted by Crippen LogP contribution is -2.57. The molecule has 25 heavy (non-hydrogen) atoms. The highest BCUT2D eigenvalue weighted by Crippen LogP contribution is 2.67. The summed E-state index contributed by atoms with van der Waals surface area (Å²) in [5, 5.41) is 21.6. The lowest BCUT2D eigenvalue weighted by molar-refractivity contribution is -0.158. The third kappa shape index (κ3) is 2.32. The molecule has 4 heteroatoms. The number of fused-ring (bicyclic) bond motifs is 5. The SMILES string of the molecule is C[C@]12CC[C@H](O)CC1=CC[C@@H]1[C@@H]2CC[C@@]2(C)[C@H]1CC[C@]2(O)C(=O)CBr. The molecule has 3 fully saturated rings. The molecular formula is C21H31BrO3. The largest absolute Gasteiger partial charge is 0.393 e. The molecule has 0 amide bonds. The summed E-state index contributed by atoms with van der Waals surface area (Å²) >= 11 is 3.29. The van der Waals surface area contributed by atoms with E-state index in [1.54, 1.807) is 0 Å². The Morgan fingerprint density at radius 2 is 1.92 bits per heavy atom. The Balaban J connectivity index is 1.68. The van der Waals surface area contributed by atoms with E-state index in [4.69, 9.17) is 0 Å². The van der Waals surface area contributed by atoms with Crippen LogP contribution in [0.25, 0.3) is 0 Å². The Kier molecular flexibility index (Phi) is 4.29. The average molecular weight is 411 g/mol. The van der Waals surface area contributed by atoms with Crippen molar-refractivity contribution in [1.29, 1.82) is 0 Å². The third-order valence-electron chi connectivity index (χ3n) is 8.81. The number of halogens is 1. The van der Waals surface area contributed by atoms with Crippen LogP contribution in [0.2, 0.25) is 0 Å². The molecule has 0 bridgehead atoms. The topological polar surface area (TPSA) is 57.5 Å². The van der Waals surface area contributed by atoms with Crippen LogP contribution in [0, 0.1) is 28.6 Å². The quantitative estimate of drug-likeness (QED) is 0.533. The summed E-state index contributed by atoms with van der Waals surface area (Å²) in [5.74, 6) is 1.61. The zero-order valence-electron chi connectivity index (χ0n) is 15.4. The number of hydrogen-bond donors (Lipinski definition) is 2. The summed E-state index contributed by atoms with van der Waals surface area (Å²) in [7, 11) is 0. The van der Waals surface area contributed by atoms with Crippen LogP contribution >= 0.6 is 15.9 Å². The van der Waals surface area contributed by atoms with Crippen molar-refractivity contribution in [3.63, 3.8) is 0 Å². The molecule has 0 spiro atoms. The molecule has 0 aromatic carbocycles. The van der Waals surface area contributed by atoms with E-state index in [9.17, 15) is 15.0 Å². The van der Waals surface area contributed by atoms with Gasteiger partial charge < -0.3 is 10.2 Å². The molecule has 4 aliphatic rings. The van der Waals surface area contributed by atoms with Gasteiger partial charge in [0.25, 0.3) is 0 Å². The van der Waals surface area contributed by atoms with Crippen LogP contribution in [0.3, 0.4) is 0 Å². The van der Waals surface area contributed by atoms with Gasteiger partial charge in [0.15, 0.2) is 5.78 Å². The summed E-state index contributed by atoms with van der Waals surface area (Å²) in [6.07, 6.45) is 9.74. The Bertz CT molecular complexity index is 616. The predicted octanol–water partition coefficient (Wildman–Crippen LogP) is 4.01. The van der Waals surface area contributed by atoms with E-state index in [1.165, 1.54) is 5.57 Å². The van der Waals surface area contributed by atoms with E-state index in [-0.39, 0.29) is 28.0 Å². The van der Waals surface area contributed by atoms with Crippen molar-refractivity contribution in [2.45, 2.75) is 76.9 Å². The fraction of sp³-hybridized carbons (Fsp3) is 0.857. The number of alkyl halides is 1. The molecule has 0 aromatic heterocycles. The van der Waals surface area contributed by atoms with Crippen molar-refractivity contribution in [1.82, 2.24) is 0 Å². The minimum Gasteiger partial charge on any atom is -0.393 e. The first-order chi connectivity index (χ1) is 11.8. The van der Waals surface area contributed by atoms with E-state index in [0.29, 0.717) is 24.2 Å². The summed E-state index contributed by atoms with van der Waals surface area (Å²) < 4.78 is 0. The highest BCUT2D eigenvalue weighted by molar-refractivity contribution is 9.09. The van der Waals surface area contributed by atoms with Gasteiger partial charge in [-0.3, -0.25) is 4.79 Å². The van der Waals surface area contributed by atoms with E-state index in [1.807, 2.05) is 0 Å². The number of ketones is 1. The van der Waals surface area contributed by atoms with Gasteiger partial charge in [0.1, 0.15) is 5.60 Å². The number of aliphatic hydroxyl groups is 2. The van der Waals surface area contributed by atoms with Gasteiger partial charge in [-0.05, 0) is 74.5 Å². The van der Waals surface area contributed by atoms with Crippen molar-refractivity contribution >= 4 is 21.7 Å². The molecule has 4 rings (SSSR count). The van der Waals surface area contributed by atoms with Gasteiger partial charge in [0, 0.05) is 5.41 Å². The van der Waals surface area contributed by atoms with Gasteiger partial charge in [0.2, 0.25) is 0 Å². The third-order valence-corrected chi connectivity index (χ3v) is 9.32. The van der Waals surface area contributed by atoms with Gasteiger partial charge >= 0.3 is 0 Å².